The van der Waals surface area contributed by atoms with Crippen LogP contribution < -0.4 is 0 Å². The van der Waals surface area contributed by atoms with E-state index in [9.17, 15) is 30.0 Å². The number of carbonyl (C=O) groups excluding carboxylic acids is 2. The number of esters is 1. The molecule has 8 nitrogen and oxygen atoms in total. The van der Waals surface area contributed by atoms with Crippen molar-refractivity contribution in [3.8, 4) is 0 Å². The Balaban J connectivity index is 2.33. The van der Waals surface area contributed by atoms with Crippen LogP contribution in [0.25, 0.3) is 6.08 Å². The number of ketones is 1. The SMILES string of the molecule is C/C(=C\c1csc(C)n1)[C@@H]1C[C@@H](O)[C@@H](O)CCC[C@H](C)[C@H](O)[C@@H](C)C(=O)C(C)(C)C(O)CC(=O)O1. The summed E-state index contributed by atoms with van der Waals surface area (Å²) in [6, 6.07) is 0. The minimum absolute atomic E-state index is 0.0218. The van der Waals surface area contributed by atoms with Gasteiger partial charge in [0.15, 0.2) is 0 Å². The fourth-order valence-corrected chi connectivity index (χ4v) is 5.08. The Labute approximate surface area is 212 Å². The van der Waals surface area contributed by atoms with Crippen LogP contribution in [0.5, 0.6) is 0 Å². The third-order valence-corrected chi connectivity index (χ3v) is 7.98. The first-order valence-electron chi connectivity index (χ1n) is 12.3. The Morgan fingerprint density at radius 1 is 1.14 bits per heavy atom. The van der Waals surface area contributed by atoms with Crippen LogP contribution in [0.2, 0.25) is 0 Å². The molecule has 0 saturated carbocycles. The number of thiazole rings is 1. The fourth-order valence-electron chi connectivity index (χ4n) is 4.51. The molecule has 1 aliphatic rings. The molecule has 0 spiro atoms. The van der Waals surface area contributed by atoms with Gasteiger partial charge in [0.05, 0.1) is 47.0 Å². The fraction of sp³-hybridized carbons (Fsp3) is 0.731. The summed E-state index contributed by atoms with van der Waals surface area (Å²) in [5, 5.41) is 45.5. The number of hydrogen-bond donors (Lipinski definition) is 4. The van der Waals surface area contributed by atoms with Gasteiger partial charge in [-0.1, -0.05) is 34.1 Å². The Morgan fingerprint density at radius 2 is 1.80 bits per heavy atom. The maximum Gasteiger partial charge on any atom is 0.309 e. The van der Waals surface area contributed by atoms with Crippen molar-refractivity contribution in [1.82, 2.24) is 4.98 Å². The molecule has 1 unspecified atom stereocenters. The van der Waals surface area contributed by atoms with Crippen LogP contribution >= 0.6 is 11.3 Å². The number of rotatable bonds is 2. The number of carbonyl (C=O) groups is 2. The number of ether oxygens (including phenoxy) is 1. The van der Waals surface area contributed by atoms with Crippen LogP contribution in [0, 0.1) is 24.2 Å². The molecule has 1 saturated heterocycles. The molecular weight excluding hydrogens is 470 g/mol. The first-order chi connectivity index (χ1) is 16.2. The molecule has 0 amide bonds. The third kappa shape index (κ3) is 7.92. The molecule has 35 heavy (non-hydrogen) atoms. The molecule has 1 fully saturated rings. The number of hydrogen-bond acceptors (Lipinski definition) is 9. The van der Waals surface area contributed by atoms with Crippen molar-refractivity contribution >= 4 is 29.2 Å². The van der Waals surface area contributed by atoms with Gasteiger partial charge in [0, 0.05) is 17.7 Å². The molecule has 2 heterocycles. The lowest BCUT2D eigenvalue weighted by atomic mass is 9.73. The highest BCUT2D eigenvalue weighted by Crippen LogP contribution is 2.32. The average Bonchev–Trinajstić information content (AvgIpc) is 3.20. The van der Waals surface area contributed by atoms with Gasteiger partial charge in [-0.2, -0.15) is 0 Å². The number of Topliss-reactive ketones (excluding diaryl/α,β-unsaturated/α-hetero) is 1. The van der Waals surface area contributed by atoms with Gasteiger partial charge < -0.3 is 25.2 Å². The highest BCUT2D eigenvalue weighted by Gasteiger charge is 2.42. The van der Waals surface area contributed by atoms with Gasteiger partial charge in [-0.15, -0.1) is 11.3 Å². The largest absolute Gasteiger partial charge is 0.458 e. The molecule has 0 aliphatic carbocycles. The molecule has 9 heteroatoms. The number of aliphatic hydroxyl groups is 4. The maximum absolute atomic E-state index is 13.1. The minimum atomic E-state index is -1.32. The summed E-state index contributed by atoms with van der Waals surface area (Å²) < 4.78 is 5.65. The van der Waals surface area contributed by atoms with Gasteiger partial charge in [-0.25, -0.2) is 4.98 Å². The van der Waals surface area contributed by atoms with Gasteiger partial charge in [0.25, 0.3) is 0 Å². The van der Waals surface area contributed by atoms with Gasteiger partial charge in [-0.3, -0.25) is 9.59 Å². The molecule has 198 valence electrons. The van der Waals surface area contributed by atoms with E-state index in [-0.39, 0.29) is 18.1 Å². The average molecular weight is 512 g/mol. The quantitative estimate of drug-likeness (QED) is 0.445. The van der Waals surface area contributed by atoms with Crippen LogP contribution in [-0.4, -0.2) is 67.7 Å². The predicted molar refractivity (Wildman–Crippen MR) is 135 cm³/mol. The topological polar surface area (TPSA) is 137 Å². The van der Waals surface area contributed by atoms with Crippen LogP contribution in [0.3, 0.4) is 0 Å². The van der Waals surface area contributed by atoms with Crippen molar-refractivity contribution in [3.05, 3.63) is 21.7 Å². The van der Waals surface area contributed by atoms with Crippen molar-refractivity contribution in [2.24, 2.45) is 17.3 Å². The molecule has 1 aromatic rings. The van der Waals surface area contributed by atoms with E-state index in [0.29, 0.717) is 30.5 Å². The molecule has 7 atom stereocenters. The van der Waals surface area contributed by atoms with E-state index < -0.39 is 54.2 Å². The van der Waals surface area contributed by atoms with Crippen LogP contribution in [0.1, 0.15) is 77.4 Å². The summed E-state index contributed by atoms with van der Waals surface area (Å²) in [6.07, 6.45) is -2.52. The Morgan fingerprint density at radius 3 is 2.40 bits per heavy atom. The monoisotopic (exact) mass is 511 g/mol. The zero-order valence-corrected chi connectivity index (χ0v) is 22.4. The Bertz CT molecular complexity index is 896. The van der Waals surface area contributed by atoms with Gasteiger partial charge >= 0.3 is 5.97 Å². The van der Waals surface area contributed by atoms with Crippen molar-refractivity contribution in [2.75, 3.05) is 0 Å². The normalized spacial score (nSPS) is 34.5. The molecular formula is C26H41NO7S. The van der Waals surface area contributed by atoms with E-state index in [1.165, 1.54) is 11.3 Å². The number of aryl methyl sites for hydroxylation is 1. The molecule has 1 aliphatic heterocycles. The van der Waals surface area contributed by atoms with Crippen LogP contribution in [0.15, 0.2) is 11.0 Å². The molecule has 2 rings (SSSR count). The second kappa shape index (κ2) is 12.5. The first kappa shape index (κ1) is 29.6. The van der Waals surface area contributed by atoms with Gasteiger partial charge in [-0.05, 0) is 44.3 Å². The zero-order chi connectivity index (χ0) is 26.5. The molecule has 0 bridgehead atoms. The van der Waals surface area contributed by atoms with E-state index >= 15 is 0 Å². The van der Waals surface area contributed by atoms with Crippen LogP contribution in [-0.2, 0) is 14.3 Å². The zero-order valence-electron chi connectivity index (χ0n) is 21.6. The van der Waals surface area contributed by atoms with Crippen molar-refractivity contribution in [3.63, 3.8) is 0 Å². The van der Waals surface area contributed by atoms with Gasteiger partial charge in [0.1, 0.15) is 11.9 Å². The summed E-state index contributed by atoms with van der Waals surface area (Å²) >= 11 is 1.49. The first-order valence-corrected chi connectivity index (χ1v) is 13.2. The van der Waals surface area contributed by atoms with E-state index in [4.69, 9.17) is 4.74 Å². The third-order valence-electron chi connectivity index (χ3n) is 7.19. The second-order valence-corrected chi connectivity index (χ2v) is 11.6. The summed E-state index contributed by atoms with van der Waals surface area (Å²) in [4.78, 5) is 30.4. The number of aromatic nitrogens is 1. The van der Waals surface area contributed by atoms with Gasteiger partial charge in [0.2, 0.25) is 0 Å². The number of aliphatic hydroxyl groups excluding tert-OH is 4. The molecule has 4 N–H and O–H groups in total. The van der Waals surface area contributed by atoms with Crippen molar-refractivity contribution < 1.29 is 34.8 Å². The van der Waals surface area contributed by atoms with Crippen LogP contribution in [0.4, 0.5) is 0 Å². The van der Waals surface area contributed by atoms with Crippen molar-refractivity contribution in [2.45, 2.75) is 104 Å². The summed E-state index contributed by atoms with van der Waals surface area (Å²) in [6.45, 7) is 10.2. The minimum Gasteiger partial charge on any atom is -0.458 e. The number of cyclic esters (lactones) is 1. The van der Waals surface area contributed by atoms with Crippen molar-refractivity contribution in [1.29, 1.82) is 0 Å². The van der Waals surface area contributed by atoms with E-state index in [0.717, 1.165) is 5.01 Å². The Hall–Kier alpha value is -1.65. The second-order valence-electron chi connectivity index (χ2n) is 10.5. The summed E-state index contributed by atoms with van der Waals surface area (Å²) in [5.41, 5.74) is 0.0764. The van der Waals surface area contributed by atoms with E-state index in [1.54, 1.807) is 33.8 Å². The molecule has 0 radical (unpaired) electrons. The smallest absolute Gasteiger partial charge is 0.309 e. The predicted octanol–water partition coefficient (Wildman–Crippen LogP) is 3.04. The summed E-state index contributed by atoms with van der Waals surface area (Å²) in [7, 11) is 0. The standard InChI is InChI=1S/C26H41NO7S/c1-14-8-7-9-19(28)20(29)11-21(15(2)10-18-13-35-17(4)27-18)34-23(31)12-22(30)26(5,6)25(33)16(3)24(14)32/h10,13-14,16,19-22,24,28-30,32H,7-9,11-12H2,1-6H3/b15-10+/t14-,16+,19-,20+,21-,22?,24-/m0/s1. The lowest BCUT2D eigenvalue weighted by molar-refractivity contribution is -0.156. The molecule has 0 aromatic carbocycles. The highest BCUT2D eigenvalue weighted by atomic mass is 32.1. The Kier molecular flexibility index (Phi) is 10.6. The summed E-state index contributed by atoms with van der Waals surface area (Å²) in [5.74, 6) is -2.01. The number of nitrogens with zero attached hydrogens (tertiary/aromatic N) is 1. The van der Waals surface area contributed by atoms with E-state index in [1.807, 2.05) is 19.2 Å². The lowest BCUT2D eigenvalue weighted by Gasteiger charge is -2.35. The lowest BCUT2D eigenvalue weighted by Crippen LogP contribution is -2.46. The maximum atomic E-state index is 13.1. The molecule has 1 aromatic heterocycles. The van der Waals surface area contributed by atoms with E-state index in [2.05, 4.69) is 4.98 Å². The highest BCUT2D eigenvalue weighted by molar-refractivity contribution is 7.09.